The smallest absolute Gasteiger partial charge is 0.310 e. The molecule has 4 heteroatoms. The normalized spacial score (nSPS) is 25.0. The zero-order chi connectivity index (χ0) is 9.19. The van der Waals surface area contributed by atoms with Crippen LogP contribution in [-0.2, 0) is 9.53 Å². The predicted molar refractivity (Wildman–Crippen MR) is 54.0 cm³/mol. The monoisotopic (exact) mass is 207 g/mol. The number of carbonyl (C=O) groups excluding carboxylic acids is 1. The van der Waals surface area contributed by atoms with Crippen molar-refractivity contribution in [2.45, 2.75) is 20.8 Å². The third-order valence-corrected chi connectivity index (χ3v) is 2.44. The first-order chi connectivity index (χ1) is 5.58. The molecule has 1 fully saturated rings. The Kier molecular flexibility index (Phi) is 4.71. The van der Waals surface area contributed by atoms with Gasteiger partial charge in [0.25, 0.3) is 0 Å². The van der Waals surface area contributed by atoms with Crippen LogP contribution in [0.3, 0.4) is 0 Å². The van der Waals surface area contributed by atoms with Crippen LogP contribution in [0.15, 0.2) is 0 Å². The molecule has 1 heterocycles. The number of halogens is 1. The van der Waals surface area contributed by atoms with Gasteiger partial charge in [0.15, 0.2) is 0 Å². The summed E-state index contributed by atoms with van der Waals surface area (Å²) in [6.45, 7) is 8.16. The summed E-state index contributed by atoms with van der Waals surface area (Å²) < 4.78 is 4.98. The van der Waals surface area contributed by atoms with Gasteiger partial charge in [-0.3, -0.25) is 4.79 Å². The number of ether oxygens (including phenoxy) is 1. The first-order valence-electron chi connectivity index (χ1n) is 4.45. The summed E-state index contributed by atoms with van der Waals surface area (Å²) in [6.07, 6.45) is 0. The molecule has 0 saturated carbocycles. The minimum atomic E-state index is -0.0625. The number of hydrogen-bond donors (Lipinski definition) is 1. The number of carbonyl (C=O) groups is 1. The van der Waals surface area contributed by atoms with Crippen molar-refractivity contribution < 1.29 is 9.53 Å². The van der Waals surface area contributed by atoms with Crippen molar-refractivity contribution in [2.75, 3.05) is 19.7 Å². The second kappa shape index (κ2) is 4.82. The number of rotatable bonds is 2. The molecular weight excluding hydrogens is 190 g/mol. The van der Waals surface area contributed by atoms with Crippen LogP contribution in [0, 0.1) is 11.3 Å². The van der Waals surface area contributed by atoms with Crippen molar-refractivity contribution >= 4 is 18.4 Å². The minimum Gasteiger partial charge on any atom is -0.466 e. The summed E-state index contributed by atoms with van der Waals surface area (Å²) in [6, 6.07) is 0. The molecule has 78 valence electrons. The van der Waals surface area contributed by atoms with Gasteiger partial charge in [-0.05, 0) is 12.3 Å². The van der Waals surface area contributed by atoms with Crippen molar-refractivity contribution in [1.82, 2.24) is 5.32 Å². The highest BCUT2D eigenvalue weighted by Crippen LogP contribution is 2.30. The van der Waals surface area contributed by atoms with Gasteiger partial charge in [0.1, 0.15) is 0 Å². The van der Waals surface area contributed by atoms with E-state index in [0.29, 0.717) is 6.61 Å². The summed E-state index contributed by atoms with van der Waals surface area (Å²) in [4.78, 5) is 11.4. The molecule has 0 bridgehead atoms. The van der Waals surface area contributed by atoms with Crippen LogP contribution in [0.1, 0.15) is 20.8 Å². The average molecular weight is 208 g/mol. The van der Waals surface area contributed by atoms with Gasteiger partial charge >= 0.3 is 5.97 Å². The van der Waals surface area contributed by atoms with Crippen LogP contribution in [0.5, 0.6) is 0 Å². The molecule has 0 aromatic heterocycles. The molecule has 1 saturated heterocycles. The summed E-state index contributed by atoms with van der Waals surface area (Å²) in [5, 5.41) is 3.20. The van der Waals surface area contributed by atoms with Crippen LogP contribution in [0.2, 0.25) is 0 Å². The average Bonchev–Trinajstić information content (AvgIpc) is 2.30. The number of esters is 1. The lowest BCUT2D eigenvalue weighted by Crippen LogP contribution is -2.30. The molecule has 1 N–H and O–H groups in total. The van der Waals surface area contributed by atoms with Crippen LogP contribution in [-0.4, -0.2) is 25.7 Å². The van der Waals surface area contributed by atoms with E-state index in [-0.39, 0.29) is 29.7 Å². The maximum Gasteiger partial charge on any atom is 0.310 e. The summed E-state index contributed by atoms with van der Waals surface area (Å²) in [5.74, 6) is -0.0371. The van der Waals surface area contributed by atoms with Gasteiger partial charge < -0.3 is 10.1 Å². The Morgan fingerprint density at radius 3 is 2.62 bits per heavy atom. The topological polar surface area (TPSA) is 38.3 Å². The highest BCUT2D eigenvalue weighted by molar-refractivity contribution is 5.85. The number of hydrogen-bond acceptors (Lipinski definition) is 3. The van der Waals surface area contributed by atoms with Gasteiger partial charge in [0.2, 0.25) is 0 Å². The lowest BCUT2D eigenvalue weighted by molar-refractivity contribution is -0.150. The molecule has 1 rings (SSSR count). The zero-order valence-electron chi connectivity index (χ0n) is 8.42. The highest BCUT2D eigenvalue weighted by atomic mass is 35.5. The fourth-order valence-electron chi connectivity index (χ4n) is 1.58. The Bertz CT molecular complexity index is 182. The molecular formula is C9H18ClNO2. The van der Waals surface area contributed by atoms with Crippen LogP contribution >= 0.6 is 12.4 Å². The van der Waals surface area contributed by atoms with E-state index in [0.717, 1.165) is 13.1 Å². The van der Waals surface area contributed by atoms with Gasteiger partial charge in [-0.1, -0.05) is 13.8 Å². The van der Waals surface area contributed by atoms with Crippen molar-refractivity contribution in [3.8, 4) is 0 Å². The molecule has 0 spiro atoms. The lowest BCUT2D eigenvalue weighted by atomic mass is 9.82. The first-order valence-corrected chi connectivity index (χ1v) is 4.45. The number of nitrogens with one attached hydrogen (secondary N) is 1. The summed E-state index contributed by atoms with van der Waals surface area (Å²) >= 11 is 0. The van der Waals surface area contributed by atoms with Gasteiger partial charge in [0, 0.05) is 13.1 Å². The van der Waals surface area contributed by atoms with Crippen molar-refractivity contribution in [3.63, 3.8) is 0 Å². The molecule has 3 nitrogen and oxygen atoms in total. The maximum absolute atomic E-state index is 11.4. The predicted octanol–water partition coefficient (Wildman–Crippen LogP) is 1.22. The molecule has 1 aliphatic heterocycles. The van der Waals surface area contributed by atoms with Gasteiger partial charge in [0.05, 0.1) is 12.5 Å². The SMILES string of the molecule is CCOC(=O)C1CNCC1(C)C.Cl. The second-order valence-corrected chi connectivity index (χ2v) is 3.92. The van der Waals surface area contributed by atoms with E-state index in [9.17, 15) is 4.79 Å². The Balaban J connectivity index is 0.00000144. The zero-order valence-corrected chi connectivity index (χ0v) is 9.24. The maximum atomic E-state index is 11.4. The van der Waals surface area contributed by atoms with E-state index >= 15 is 0 Å². The van der Waals surface area contributed by atoms with Gasteiger partial charge in [-0.15, -0.1) is 12.4 Å². The van der Waals surface area contributed by atoms with Crippen LogP contribution in [0.25, 0.3) is 0 Å². The summed E-state index contributed by atoms with van der Waals surface area (Å²) in [7, 11) is 0. The lowest BCUT2D eigenvalue weighted by Gasteiger charge is -2.23. The third kappa shape index (κ3) is 2.85. The van der Waals surface area contributed by atoms with E-state index in [1.807, 2.05) is 6.92 Å². The van der Waals surface area contributed by atoms with Crippen molar-refractivity contribution in [3.05, 3.63) is 0 Å². The quantitative estimate of drug-likeness (QED) is 0.692. The molecule has 0 aliphatic carbocycles. The molecule has 0 amide bonds. The third-order valence-electron chi connectivity index (χ3n) is 2.44. The molecule has 13 heavy (non-hydrogen) atoms. The Morgan fingerprint density at radius 1 is 1.62 bits per heavy atom. The van der Waals surface area contributed by atoms with E-state index in [1.165, 1.54) is 0 Å². The largest absolute Gasteiger partial charge is 0.466 e. The minimum absolute atomic E-state index is 0. The fourth-order valence-corrected chi connectivity index (χ4v) is 1.58. The van der Waals surface area contributed by atoms with Crippen LogP contribution < -0.4 is 5.32 Å². The summed E-state index contributed by atoms with van der Waals surface area (Å²) in [5.41, 5.74) is 0.0479. The van der Waals surface area contributed by atoms with E-state index in [4.69, 9.17) is 4.74 Å². The molecule has 1 aliphatic rings. The molecule has 0 aromatic rings. The van der Waals surface area contributed by atoms with E-state index < -0.39 is 0 Å². The Hall–Kier alpha value is -0.280. The Morgan fingerprint density at radius 2 is 2.23 bits per heavy atom. The van der Waals surface area contributed by atoms with Crippen LogP contribution in [0.4, 0.5) is 0 Å². The standard InChI is InChI=1S/C9H17NO2.ClH/c1-4-12-8(11)7-5-10-6-9(7,2)3;/h7,10H,4-6H2,1-3H3;1H. The van der Waals surface area contributed by atoms with E-state index in [1.54, 1.807) is 0 Å². The fraction of sp³-hybridized carbons (Fsp3) is 0.889. The Labute approximate surface area is 85.6 Å². The molecule has 1 atom stereocenters. The van der Waals surface area contributed by atoms with Gasteiger partial charge in [-0.25, -0.2) is 0 Å². The van der Waals surface area contributed by atoms with Crippen molar-refractivity contribution in [2.24, 2.45) is 11.3 Å². The highest BCUT2D eigenvalue weighted by Gasteiger charge is 2.40. The first kappa shape index (κ1) is 12.7. The molecule has 0 radical (unpaired) electrons. The molecule has 1 unspecified atom stereocenters. The second-order valence-electron chi connectivity index (χ2n) is 3.92. The van der Waals surface area contributed by atoms with E-state index in [2.05, 4.69) is 19.2 Å². The van der Waals surface area contributed by atoms with Gasteiger partial charge in [-0.2, -0.15) is 0 Å². The molecule has 0 aromatic carbocycles. The van der Waals surface area contributed by atoms with Crippen molar-refractivity contribution in [1.29, 1.82) is 0 Å².